The van der Waals surface area contributed by atoms with Crippen LogP contribution in [0, 0.1) is 6.92 Å². The van der Waals surface area contributed by atoms with Crippen molar-refractivity contribution in [1.29, 1.82) is 0 Å². The smallest absolute Gasteiger partial charge is 0.322 e. The highest BCUT2D eigenvalue weighted by atomic mass is 32.1. The number of hydrogen-bond acceptors (Lipinski definition) is 4. The molecule has 134 valence electrons. The summed E-state index contributed by atoms with van der Waals surface area (Å²) in [6.45, 7) is 2.61. The van der Waals surface area contributed by atoms with Gasteiger partial charge in [0.25, 0.3) is 0 Å². The maximum absolute atomic E-state index is 12.5. The molecule has 5 rings (SSSR count). The normalized spacial score (nSPS) is 18.0. The molecule has 0 saturated carbocycles. The first-order chi connectivity index (χ1) is 13.2. The van der Waals surface area contributed by atoms with Crippen LogP contribution in [0.1, 0.15) is 22.2 Å². The molecule has 0 radical (unpaired) electrons. The van der Waals surface area contributed by atoms with E-state index in [1.165, 1.54) is 5.56 Å². The summed E-state index contributed by atoms with van der Waals surface area (Å²) in [5, 5.41) is 4.03. The van der Waals surface area contributed by atoms with E-state index in [4.69, 9.17) is 0 Å². The largest absolute Gasteiger partial charge is 0.335 e. The van der Waals surface area contributed by atoms with Crippen LogP contribution in [-0.2, 0) is 6.42 Å². The van der Waals surface area contributed by atoms with E-state index in [9.17, 15) is 4.79 Å². The van der Waals surface area contributed by atoms with Gasteiger partial charge in [0.1, 0.15) is 0 Å². The molecule has 1 saturated heterocycles. The van der Waals surface area contributed by atoms with Crippen molar-refractivity contribution in [3.8, 4) is 10.4 Å². The molecule has 2 aliphatic heterocycles. The molecule has 1 unspecified atom stereocenters. The lowest BCUT2D eigenvalue weighted by Crippen LogP contribution is -2.29. The van der Waals surface area contributed by atoms with E-state index < -0.39 is 0 Å². The molecule has 6 heteroatoms. The summed E-state index contributed by atoms with van der Waals surface area (Å²) in [5.74, 6) is 0. The molecule has 3 heterocycles. The van der Waals surface area contributed by atoms with E-state index in [1.54, 1.807) is 11.3 Å². The molecular weight excluding hydrogens is 356 g/mol. The number of nitrogens with zero attached hydrogens (tertiary/aromatic N) is 3. The van der Waals surface area contributed by atoms with Gasteiger partial charge in [-0.05, 0) is 35.7 Å². The second-order valence-corrected chi connectivity index (χ2v) is 8.00. The molecule has 1 fully saturated rings. The summed E-state index contributed by atoms with van der Waals surface area (Å²) in [7, 11) is 0. The van der Waals surface area contributed by atoms with E-state index in [1.807, 2.05) is 36.4 Å². The van der Waals surface area contributed by atoms with E-state index in [0.717, 1.165) is 38.8 Å². The Morgan fingerprint density at radius 2 is 2.04 bits per heavy atom. The fourth-order valence-electron chi connectivity index (χ4n) is 3.67. The number of fused-ring (bicyclic) bond motifs is 1. The fraction of sp³-hybridized carbons (Fsp3) is 0.190. The molecule has 27 heavy (non-hydrogen) atoms. The molecule has 1 atom stereocenters. The van der Waals surface area contributed by atoms with Gasteiger partial charge in [0.05, 0.1) is 21.6 Å². The Kier molecular flexibility index (Phi) is 3.79. The van der Waals surface area contributed by atoms with Gasteiger partial charge in [-0.1, -0.05) is 30.3 Å². The third-order valence-corrected chi connectivity index (χ3v) is 6.03. The first-order valence-corrected chi connectivity index (χ1v) is 9.76. The van der Waals surface area contributed by atoms with Crippen LogP contribution in [0.5, 0.6) is 0 Å². The number of hydrogen-bond donors (Lipinski definition) is 1. The fourth-order valence-corrected chi connectivity index (χ4v) is 4.45. The summed E-state index contributed by atoms with van der Waals surface area (Å²) >= 11 is 1.69. The Hall–Kier alpha value is -2.99. The van der Waals surface area contributed by atoms with Crippen molar-refractivity contribution < 1.29 is 4.79 Å². The van der Waals surface area contributed by atoms with E-state index >= 15 is 0 Å². The second kappa shape index (κ2) is 6.32. The van der Waals surface area contributed by atoms with Crippen molar-refractivity contribution in [3.05, 3.63) is 64.8 Å². The molecule has 2 aliphatic rings. The standard InChI is InChI=1S/C21H18N4OS/c1-13-23-12-20(27-13)16-4-2-15(3-5-16)19-11-24-21(26)25(19)17-7-6-14-8-9-22-18(14)10-17/h2-7,9-10,12,19H,8,11H2,1H3,(H,24,26). The quantitative estimate of drug-likeness (QED) is 0.726. The SMILES string of the molecule is Cc1ncc(-c2ccc(C3CNC(=O)N3c3ccc4c(c3)N=CC4)cc2)s1. The van der Waals surface area contributed by atoms with Gasteiger partial charge in [-0.25, -0.2) is 9.78 Å². The Labute approximate surface area is 161 Å². The van der Waals surface area contributed by atoms with Gasteiger partial charge < -0.3 is 5.32 Å². The molecule has 0 bridgehead atoms. The zero-order chi connectivity index (χ0) is 18.4. The monoisotopic (exact) mass is 374 g/mol. The molecule has 3 aromatic rings. The number of amides is 2. The summed E-state index contributed by atoms with van der Waals surface area (Å²) in [6.07, 6.45) is 4.69. The van der Waals surface area contributed by atoms with Crippen LogP contribution in [0.4, 0.5) is 16.2 Å². The van der Waals surface area contributed by atoms with Crippen molar-refractivity contribution in [2.24, 2.45) is 4.99 Å². The Bertz CT molecular complexity index is 1050. The summed E-state index contributed by atoms with van der Waals surface area (Å²) in [5.41, 5.74) is 5.32. The number of nitrogens with one attached hydrogen (secondary N) is 1. The first-order valence-electron chi connectivity index (χ1n) is 8.94. The van der Waals surface area contributed by atoms with Crippen molar-refractivity contribution in [1.82, 2.24) is 10.3 Å². The van der Waals surface area contributed by atoms with E-state index in [-0.39, 0.29) is 12.1 Å². The van der Waals surface area contributed by atoms with Crippen LogP contribution in [0.25, 0.3) is 10.4 Å². The molecule has 1 N–H and O–H groups in total. The van der Waals surface area contributed by atoms with Gasteiger partial charge in [0.2, 0.25) is 0 Å². The number of carbonyl (C=O) groups is 1. The van der Waals surface area contributed by atoms with Crippen molar-refractivity contribution in [2.45, 2.75) is 19.4 Å². The highest BCUT2D eigenvalue weighted by Crippen LogP contribution is 2.36. The number of benzene rings is 2. The lowest BCUT2D eigenvalue weighted by Gasteiger charge is -2.24. The number of anilines is 1. The molecular formula is C21H18N4OS. The van der Waals surface area contributed by atoms with Gasteiger partial charge in [-0.3, -0.25) is 9.89 Å². The third-order valence-electron chi connectivity index (χ3n) is 5.07. The molecule has 0 spiro atoms. The zero-order valence-corrected chi connectivity index (χ0v) is 15.7. The van der Waals surface area contributed by atoms with Crippen LogP contribution in [0.2, 0.25) is 0 Å². The van der Waals surface area contributed by atoms with Gasteiger partial charge >= 0.3 is 6.03 Å². The van der Waals surface area contributed by atoms with Crippen LogP contribution in [-0.4, -0.2) is 23.8 Å². The number of aliphatic imine (C=N–C) groups is 1. The van der Waals surface area contributed by atoms with Gasteiger partial charge in [0.15, 0.2) is 0 Å². The van der Waals surface area contributed by atoms with Crippen molar-refractivity contribution in [2.75, 3.05) is 11.4 Å². The number of rotatable bonds is 3. The van der Waals surface area contributed by atoms with Gasteiger partial charge in [0, 0.05) is 31.1 Å². The lowest BCUT2D eigenvalue weighted by atomic mass is 10.0. The van der Waals surface area contributed by atoms with Crippen molar-refractivity contribution in [3.63, 3.8) is 0 Å². The molecule has 5 nitrogen and oxygen atoms in total. The summed E-state index contributed by atoms with van der Waals surface area (Å²) in [4.78, 5) is 24.3. The minimum Gasteiger partial charge on any atom is -0.335 e. The average Bonchev–Trinajstić information content (AvgIpc) is 3.41. The topological polar surface area (TPSA) is 57.6 Å². The Balaban J connectivity index is 1.46. The van der Waals surface area contributed by atoms with Crippen LogP contribution < -0.4 is 10.2 Å². The number of urea groups is 1. The number of carbonyl (C=O) groups excluding carboxylic acids is 1. The van der Waals surface area contributed by atoms with Gasteiger partial charge in [-0.2, -0.15) is 0 Å². The minimum atomic E-state index is -0.0657. The number of aromatic nitrogens is 1. The minimum absolute atomic E-state index is 0.0295. The van der Waals surface area contributed by atoms with Crippen LogP contribution >= 0.6 is 11.3 Å². The molecule has 0 aliphatic carbocycles. The third kappa shape index (κ3) is 2.82. The highest BCUT2D eigenvalue weighted by molar-refractivity contribution is 7.15. The Morgan fingerprint density at radius 1 is 1.19 bits per heavy atom. The molecule has 2 amide bonds. The maximum Gasteiger partial charge on any atom is 0.322 e. The first kappa shape index (κ1) is 16.2. The maximum atomic E-state index is 12.5. The Morgan fingerprint density at radius 3 is 2.81 bits per heavy atom. The molecule has 1 aromatic heterocycles. The highest BCUT2D eigenvalue weighted by Gasteiger charge is 2.33. The van der Waals surface area contributed by atoms with E-state index in [0.29, 0.717) is 6.54 Å². The van der Waals surface area contributed by atoms with Crippen LogP contribution in [0.3, 0.4) is 0 Å². The summed E-state index contributed by atoms with van der Waals surface area (Å²) < 4.78 is 0. The zero-order valence-electron chi connectivity index (χ0n) is 14.8. The predicted octanol–water partition coefficient (Wildman–Crippen LogP) is 4.65. The predicted molar refractivity (Wildman–Crippen MR) is 109 cm³/mol. The molecule has 2 aromatic carbocycles. The van der Waals surface area contributed by atoms with E-state index in [2.05, 4.69) is 45.6 Å². The number of aryl methyl sites for hydroxylation is 1. The van der Waals surface area contributed by atoms with Gasteiger partial charge in [-0.15, -0.1) is 11.3 Å². The second-order valence-electron chi connectivity index (χ2n) is 6.77. The average molecular weight is 374 g/mol. The lowest BCUT2D eigenvalue weighted by molar-refractivity contribution is 0.251. The number of thiazole rings is 1. The summed E-state index contributed by atoms with van der Waals surface area (Å²) in [6, 6.07) is 14.4. The van der Waals surface area contributed by atoms with Crippen molar-refractivity contribution >= 4 is 35.0 Å². The van der Waals surface area contributed by atoms with Crippen LogP contribution in [0.15, 0.2) is 53.7 Å².